The van der Waals surface area contributed by atoms with Gasteiger partial charge < -0.3 is 9.55 Å². The van der Waals surface area contributed by atoms with Gasteiger partial charge in [0.2, 0.25) is 0 Å². The number of hydrogen-bond donors (Lipinski definition) is 1. The van der Waals surface area contributed by atoms with Gasteiger partial charge in [-0.25, -0.2) is 4.98 Å². The van der Waals surface area contributed by atoms with Gasteiger partial charge in [-0.05, 0) is 25.5 Å². The lowest BCUT2D eigenvalue weighted by atomic mass is 10.1. The van der Waals surface area contributed by atoms with Crippen LogP contribution in [0.3, 0.4) is 0 Å². The molecule has 0 bridgehead atoms. The fourth-order valence-corrected chi connectivity index (χ4v) is 3.37. The van der Waals surface area contributed by atoms with Gasteiger partial charge >= 0.3 is 0 Å². The molecule has 0 aliphatic rings. The number of para-hydroxylation sites is 2. The molecule has 2 aromatic carbocycles. The molecule has 136 valence electrons. The Morgan fingerprint density at radius 1 is 0.846 bits per heavy atom. The molecule has 0 saturated carbocycles. The molecule has 4 aromatic rings. The van der Waals surface area contributed by atoms with Gasteiger partial charge in [0.05, 0.1) is 0 Å². The van der Waals surface area contributed by atoms with Crippen LogP contribution >= 0.6 is 0 Å². The van der Waals surface area contributed by atoms with Crippen LogP contribution in [0.2, 0.25) is 0 Å². The third-order valence-electron chi connectivity index (χ3n) is 4.81. The lowest BCUT2D eigenvalue weighted by Crippen LogP contribution is -2.00. The first-order valence-electron chi connectivity index (χ1n) is 9.79. The highest BCUT2D eigenvalue weighted by molar-refractivity contribution is 6.06. The summed E-state index contributed by atoms with van der Waals surface area (Å²) < 4.78 is 2.23. The van der Waals surface area contributed by atoms with Crippen LogP contribution in [0.15, 0.2) is 60.9 Å². The second kappa shape index (κ2) is 9.23. The third kappa shape index (κ3) is 4.34. The molecule has 0 atom stereocenters. The number of unbranched alkanes of at least 4 members (excludes halogenated alkanes) is 3. The largest absolute Gasteiger partial charge is 0.355 e. The van der Waals surface area contributed by atoms with E-state index in [1.54, 1.807) is 0 Å². The van der Waals surface area contributed by atoms with Crippen molar-refractivity contribution in [2.75, 3.05) is 0 Å². The van der Waals surface area contributed by atoms with Gasteiger partial charge in [-0.15, -0.1) is 0 Å². The monoisotopic (exact) mass is 347 g/mol. The molecule has 0 aliphatic carbocycles. The lowest BCUT2D eigenvalue weighted by molar-refractivity contribution is 0.621. The summed E-state index contributed by atoms with van der Waals surface area (Å²) in [5.74, 6) is 1.25. The van der Waals surface area contributed by atoms with Crippen LogP contribution < -0.4 is 0 Å². The predicted octanol–water partition coefficient (Wildman–Crippen LogP) is 6.35. The van der Waals surface area contributed by atoms with E-state index in [0.717, 1.165) is 13.0 Å². The molecule has 3 nitrogen and oxygen atoms in total. The predicted molar refractivity (Wildman–Crippen MR) is 112 cm³/mol. The van der Waals surface area contributed by atoms with Gasteiger partial charge in [-0.2, -0.15) is 0 Å². The number of hydrogen-bond acceptors (Lipinski definition) is 1. The standard InChI is InChI=1S/C12H9N.C11H20N2/c1-3-7-11-9(5-1)10-6-2-4-8-12(10)13-11;1-3-5-6-7-8-11-12-9-10-13(11)4-2/h1-8,13H;9-10H,3-8H2,1-2H3. The number of benzene rings is 2. The molecule has 1 N–H and O–H groups in total. The molecule has 2 heterocycles. The minimum Gasteiger partial charge on any atom is -0.355 e. The van der Waals surface area contributed by atoms with Crippen molar-refractivity contribution in [2.24, 2.45) is 0 Å². The Morgan fingerprint density at radius 3 is 2.12 bits per heavy atom. The number of fused-ring (bicyclic) bond motifs is 3. The first kappa shape index (κ1) is 18.2. The highest BCUT2D eigenvalue weighted by Gasteiger charge is 2.00. The van der Waals surface area contributed by atoms with E-state index in [4.69, 9.17) is 0 Å². The average molecular weight is 348 g/mol. The molecule has 4 rings (SSSR count). The van der Waals surface area contributed by atoms with Crippen LogP contribution in [0.25, 0.3) is 21.8 Å². The summed E-state index contributed by atoms with van der Waals surface area (Å²) >= 11 is 0. The lowest BCUT2D eigenvalue weighted by Gasteiger charge is -2.03. The Morgan fingerprint density at radius 2 is 1.50 bits per heavy atom. The highest BCUT2D eigenvalue weighted by atomic mass is 15.0. The van der Waals surface area contributed by atoms with Crippen molar-refractivity contribution in [3.05, 3.63) is 66.7 Å². The van der Waals surface area contributed by atoms with Crippen LogP contribution in [0.4, 0.5) is 0 Å². The molecule has 2 aromatic heterocycles. The average Bonchev–Trinajstić information content (AvgIpc) is 3.29. The fourth-order valence-electron chi connectivity index (χ4n) is 3.37. The van der Waals surface area contributed by atoms with E-state index in [-0.39, 0.29) is 0 Å². The number of aromatic nitrogens is 3. The summed E-state index contributed by atoms with van der Waals surface area (Å²) in [5, 5.41) is 2.61. The van der Waals surface area contributed by atoms with Crippen molar-refractivity contribution >= 4 is 21.8 Å². The number of H-pyrrole nitrogens is 1. The minimum atomic E-state index is 1.04. The maximum Gasteiger partial charge on any atom is 0.108 e. The fraction of sp³-hybridized carbons (Fsp3) is 0.348. The zero-order valence-corrected chi connectivity index (χ0v) is 15.9. The Labute approximate surface area is 156 Å². The number of nitrogens with one attached hydrogen (secondary N) is 1. The molecule has 0 radical (unpaired) electrons. The quantitative estimate of drug-likeness (QED) is 0.405. The SMILES string of the molecule is CCCCCCc1nccn1CC.c1ccc2c(c1)[nH]c1ccccc12. The van der Waals surface area contributed by atoms with Crippen molar-refractivity contribution < 1.29 is 0 Å². The van der Waals surface area contributed by atoms with Crippen LogP contribution in [0, 0.1) is 0 Å². The summed E-state index contributed by atoms with van der Waals surface area (Å²) in [5.41, 5.74) is 2.42. The summed E-state index contributed by atoms with van der Waals surface area (Å²) in [6.07, 6.45) is 10.4. The van der Waals surface area contributed by atoms with Gasteiger partial charge in [-0.3, -0.25) is 0 Å². The van der Waals surface area contributed by atoms with E-state index in [1.165, 1.54) is 53.3 Å². The maximum absolute atomic E-state index is 4.35. The summed E-state index contributed by atoms with van der Waals surface area (Å²) in [4.78, 5) is 7.73. The van der Waals surface area contributed by atoms with Crippen molar-refractivity contribution in [2.45, 2.75) is 52.5 Å². The van der Waals surface area contributed by atoms with E-state index in [1.807, 2.05) is 6.20 Å². The van der Waals surface area contributed by atoms with Crippen LogP contribution in [0.5, 0.6) is 0 Å². The zero-order valence-electron chi connectivity index (χ0n) is 15.9. The van der Waals surface area contributed by atoms with Gasteiger partial charge in [0.25, 0.3) is 0 Å². The van der Waals surface area contributed by atoms with Crippen molar-refractivity contribution in [1.29, 1.82) is 0 Å². The Kier molecular flexibility index (Phi) is 6.48. The highest BCUT2D eigenvalue weighted by Crippen LogP contribution is 2.24. The van der Waals surface area contributed by atoms with E-state index in [9.17, 15) is 0 Å². The molecule has 26 heavy (non-hydrogen) atoms. The Hall–Kier alpha value is -2.55. The topological polar surface area (TPSA) is 33.6 Å². The van der Waals surface area contributed by atoms with E-state index >= 15 is 0 Å². The van der Waals surface area contributed by atoms with E-state index < -0.39 is 0 Å². The van der Waals surface area contributed by atoms with Gasteiger partial charge in [-0.1, -0.05) is 62.6 Å². The molecule has 0 amide bonds. The zero-order chi connectivity index (χ0) is 18.2. The molecule has 3 heteroatoms. The van der Waals surface area contributed by atoms with Crippen LogP contribution in [0.1, 0.15) is 45.4 Å². The molecule has 0 aliphatic heterocycles. The minimum absolute atomic E-state index is 1.04. The molecular formula is C23H29N3. The second-order valence-corrected chi connectivity index (χ2v) is 6.66. The smallest absolute Gasteiger partial charge is 0.108 e. The number of aromatic amines is 1. The maximum atomic E-state index is 4.35. The van der Waals surface area contributed by atoms with Crippen LogP contribution in [-0.4, -0.2) is 14.5 Å². The Balaban J connectivity index is 0.000000151. The van der Waals surface area contributed by atoms with Crippen LogP contribution in [-0.2, 0) is 13.0 Å². The molecule has 0 saturated heterocycles. The first-order valence-corrected chi connectivity index (χ1v) is 9.79. The third-order valence-corrected chi connectivity index (χ3v) is 4.81. The summed E-state index contributed by atoms with van der Waals surface area (Å²) in [6.45, 7) is 5.45. The molecule has 0 spiro atoms. The van der Waals surface area contributed by atoms with Crippen molar-refractivity contribution in [1.82, 2.24) is 14.5 Å². The van der Waals surface area contributed by atoms with Crippen molar-refractivity contribution in [3.63, 3.8) is 0 Å². The van der Waals surface area contributed by atoms with Crippen molar-refractivity contribution in [3.8, 4) is 0 Å². The molecule has 0 unspecified atom stereocenters. The number of aryl methyl sites for hydroxylation is 2. The van der Waals surface area contributed by atoms with E-state index in [0.29, 0.717) is 0 Å². The summed E-state index contributed by atoms with van der Waals surface area (Å²) in [6, 6.07) is 16.8. The van der Waals surface area contributed by atoms with Gasteiger partial charge in [0.15, 0.2) is 0 Å². The van der Waals surface area contributed by atoms with Gasteiger partial charge in [0, 0.05) is 47.2 Å². The number of nitrogens with zero attached hydrogens (tertiary/aromatic N) is 2. The number of rotatable bonds is 6. The number of imidazole rings is 1. The molecular weight excluding hydrogens is 318 g/mol. The summed E-state index contributed by atoms with van der Waals surface area (Å²) in [7, 11) is 0. The Bertz CT molecular complexity index is 882. The molecule has 0 fully saturated rings. The normalized spacial score (nSPS) is 10.8. The second-order valence-electron chi connectivity index (χ2n) is 6.66. The van der Waals surface area contributed by atoms with E-state index in [2.05, 4.69) is 83.1 Å². The first-order chi connectivity index (χ1) is 12.8. The van der Waals surface area contributed by atoms with Gasteiger partial charge in [0.1, 0.15) is 5.82 Å².